The molecule has 0 aliphatic carbocycles. The van der Waals surface area contributed by atoms with Crippen LogP contribution in [0.2, 0.25) is 0 Å². The molecule has 1 aliphatic rings. The molecule has 0 spiro atoms. The van der Waals surface area contributed by atoms with Crippen molar-refractivity contribution in [1.29, 1.82) is 0 Å². The van der Waals surface area contributed by atoms with Gasteiger partial charge >= 0.3 is 7.19 Å². The van der Waals surface area contributed by atoms with E-state index in [4.69, 9.17) is 4.65 Å². The molecule has 0 unspecified atom stereocenters. The van der Waals surface area contributed by atoms with Crippen LogP contribution < -0.4 is 0 Å². The Bertz CT molecular complexity index is 1820. The summed E-state index contributed by atoms with van der Waals surface area (Å²) < 4.78 is 69.6. The quantitative estimate of drug-likeness (QED) is 0.0659. The monoisotopic (exact) mass is 710 g/mol. The maximum Gasteiger partial charge on any atom is 0.509 e. The molecule has 7 nitrogen and oxygen atoms in total. The molecule has 5 rings (SSSR count). The van der Waals surface area contributed by atoms with Crippen LogP contribution in [-0.2, 0) is 24.7 Å². The van der Waals surface area contributed by atoms with E-state index in [0.717, 1.165) is 43.2 Å². The van der Waals surface area contributed by atoms with Crippen LogP contribution in [0.25, 0.3) is 0 Å². The normalized spacial score (nSPS) is 17.8. The lowest BCUT2D eigenvalue weighted by Gasteiger charge is -2.29. The Balaban J connectivity index is 1.74. The van der Waals surface area contributed by atoms with Gasteiger partial charge in [-0.25, -0.2) is 16.8 Å². The van der Waals surface area contributed by atoms with Gasteiger partial charge < -0.3 is 4.65 Å². The maximum atomic E-state index is 15.1. The number of benzene rings is 4. The number of hydrogen-bond acceptors (Lipinski definition) is 5. The molecule has 3 atom stereocenters. The fourth-order valence-electron chi connectivity index (χ4n) is 6.55. The highest BCUT2D eigenvalue weighted by Gasteiger charge is 2.62. The summed E-state index contributed by atoms with van der Waals surface area (Å²) in [6.07, 6.45) is 7.91. The van der Waals surface area contributed by atoms with Gasteiger partial charge in [0.15, 0.2) is 0 Å². The van der Waals surface area contributed by atoms with Gasteiger partial charge in [0.2, 0.25) is 20.0 Å². The molecule has 4 aromatic carbocycles. The fraction of sp³-hybridized carbons (Fsp3) is 0.325. The summed E-state index contributed by atoms with van der Waals surface area (Å²) in [5.41, 5.74) is 5.91. The Labute approximate surface area is 299 Å². The van der Waals surface area contributed by atoms with Gasteiger partial charge in [-0.2, -0.15) is 8.43 Å². The summed E-state index contributed by atoms with van der Waals surface area (Å²) in [6, 6.07) is 29.7. The summed E-state index contributed by atoms with van der Waals surface area (Å²) in [4.78, 5) is 0.0940. The van der Waals surface area contributed by atoms with E-state index in [9.17, 15) is 0 Å². The molecular weight excluding hydrogens is 663 g/mol. The molecule has 50 heavy (non-hydrogen) atoms. The lowest BCUT2D eigenvalue weighted by Crippen LogP contribution is -2.52. The number of hydrogen-bond donors (Lipinski definition) is 0. The molecule has 1 saturated heterocycles. The Morgan fingerprint density at radius 1 is 0.680 bits per heavy atom. The number of sulfonamides is 2. The zero-order valence-corrected chi connectivity index (χ0v) is 30.8. The van der Waals surface area contributed by atoms with Gasteiger partial charge in [0.1, 0.15) is 0 Å². The van der Waals surface area contributed by atoms with Crippen LogP contribution in [0.5, 0.6) is 0 Å². The first kappa shape index (κ1) is 37.5. The summed E-state index contributed by atoms with van der Waals surface area (Å²) in [5.74, 6) is 0. The summed E-state index contributed by atoms with van der Waals surface area (Å²) in [7, 11) is -10.3. The smallest absolute Gasteiger partial charge is 0.400 e. The van der Waals surface area contributed by atoms with Crippen LogP contribution >= 0.6 is 0 Å². The molecule has 0 radical (unpaired) electrons. The Morgan fingerprint density at radius 2 is 1.10 bits per heavy atom. The molecular formula is C40H47BN2O5S2. The van der Waals surface area contributed by atoms with Crippen molar-refractivity contribution in [3.63, 3.8) is 0 Å². The average Bonchev–Trinajstić information content (AvgIpc) is 3.47. The van der Waals surface area contributed by atoms with E-state index >= 15 is 16.8 Å². The molecule has 0 N–H and O–H groups in total. The predicted molar refractivity (Wildman–Crippen MR) is 201 cm³/mol. The zero-order chi connectivity index (χ0) is 35.7. The summed E-state index contributed by atoms with van der Waals surface area (Å²) in [6.45, 7) is 9.75. The van der Waals surface area contributed by atoms with Crippen molar-refractivity contribution in [1.82, 2.24) is 8.43 Å². The fourth-order valence-corrected chi connectivity index (χ4v) is 9.90. The van der Waals surface area contributed by atoms with Crippen LogP contribution in [0.15, 0.2) is 137 Å². The Morgan fingerprint density at radius 3 is 1.52 bits per heavy atom. The average molecular weight is 711 g/mol. The zero-order valence-electron chi connectivity index (χ0n) is 29.2. The lowest BCUT2D eigenvalue weighted by molar-refractivity contribution is 0.204. The molecule has 0 saturated carbocycles. The van der Waals surface area contributed by atoms with Crippen molar-refractivity contribution in [3.8, 4) is 0 Å². The molecule has 0 amide bonds. The maximum absolute atomic E-state index is 15.1. The van der Waals surface area contributed by atoms with Crippen LogP contribution in [0.4, 0.5) is 0 Å². The van der Waals surface area contributed by atoms with E-state index in [1.165, 1.54) is 14.9 Å². The molecule has 1 fully saturated rings. The second-order valence-electron chi connectivity index (χ2n) is 12.9. The minimum Gasteiger partial charge on any atom is -0.400 e. The van der Waals surface area contributed by atoms with Gasteiger partial charge in [0.25, 0.3) is 0 Å². The molecule has 1 heterocycles. The van der Waals surface area contributed by atoms with Crippen molar-refractivity contribution in [2.24, 2.45) is 0 Å². The number of aryl methyl sites for hydroxylation is 2. The predicted octanol–water partition coefficient (Wildman–Crippen LogP) is 8.94. The number of nitrogens with zero attached hydrogens (tertiary/aromatic N) is 2. The van der Waals surface area contributed by atoms with E-state index in [0.29, 0.717) is 17.5 Å². The highest BCUT2D eigenvalue weighted by atomic mass is 32.2. The molecule has 1 aliphatic heterocycles. The van der Waals surface area contributed by atoms with Gasteiger partial charge in [-0.05, 0) is 61.7 Å². The van der Waals surface area contributed by atoms with E-state index in [1.807, 2.05) is 74.5 Å². The van der Waals surface area contributed by atoms with Crippen LogP contribution in [0, 0.1) is 13.8 Å². The van der Waals surface area contributed by atoms with Crippen LogP contribution in [0.1, 0.15) is 86.2 Å². The van der Waals surface area contributed by atoms with E-state index in [1.54, 1.807) is 54.6 Å². The largest absolute Gasteiger partial charge is 0.509 e. The molecule has 262 valence electrons. The Kier molecular flexibility index (Phi) is 12.7. The number of unbranched alkanes of at least 4 members (excludes halogenated alkanes) is 5. The third kappa shape index (κ3) is 8.40. The van der Waals surface area contributed by atoms with Crippen molar-refractivity contribution < 1.29 is 21.5 Å². The van der Waals surface area contributed by atoms with Crippen molar-refractivity contribution >= 4 is 27.2 Å². The van der Waals surface area contributed by atoms with Crippen molar-refractivity contribution in [2.45, 2.75) is 93.7 Å². The minimum atomic E-state index is -4.37. The summed E-state index contributed by atoms with van der Waals surface area (Å²) in [5, 5.41) is 0. The van der Waals surface area contributed by atoms with Gasteiger partial charge in [-0.15, -0.1) is 5.73 Å². The summed E-state index contributed by atoms with van der Waals surface area (Å²) >= 11 is 0. The van der Waals surface area contributed by atoms with Crippen molar-refractivity contribution in [3.05, 3.63) is 150 Å². The second-order valence-corrected chi connectivity index (χ2v) is 16.6. The van der Waals surface area contributed by atoms with Gasteiger partial charge in [-0.3, -0.25) is 0 Å². The van der Waals surface area contributed by atoms with E-state index in [-0.39, 0.29) is 9.79 Å². The third-order valence-electron chi connectivity index (χ3n) is 9.20. The first-order valence-electron chi connectivity index (χ1n) is 17.4. The van der Waals surface area contributed by atoms with Crippen LogP contribution in [0.3, 0.4) is 0 Å². The van der Waals surface area contributed by atoms with Crippen molar-refractivity contribution in [2.75, 3.05) is 0 Å². The lowest BCUT2D eigenvalue weighted by atomic mass is 9.95. The second kappa shape index (κ2) is 17.0. The topological polar surface area (TPSA) is 84.0 Å². The Hall–Kier alpha value is -3.76. The minimum absolute atomic E-state index is 0.0470. The first-order chi connectivity index (χ1) is 24.1. The third-order valence-corrected chi connectivity index (χ3v) is 12.9. The molecule has 0 bridgehead atoms. The van der Waals surface area contributed by atoms with E-state index < -0.39 is 45.4 Å². The van der Waals surface area contributed by atoms with E-state index in [2.05, 4.69) is 19.2 Å². The molecule has 0 aromatic heterocycles. The van der Waals surface area contributed by atoms with Crippen LogP contribution in [-0.4, -0.2) is 38.6 Å². The molecule has 4 aromatic rings. The van der Waals surface area contributed by atoms with Gasteiger partial charge in [0.05, 0.1) is 28.0 Å². The highest BCUT2D eigenvalue weighted by molar-refractivity contribution is 7.92. The SMILES string of the molecule is C=C=C[C@H](CCCCCCCC)OB1N(S(=O)(=O)c2ccc(C)cc2)[C@@H](c2ccccc2)[C@H](c2ccccc2)N1S(=O)(=O)c1ccc(C)cc1. The molecule has 10 heteroatoms. The highest BCUT2D eigenvalue weighted by Crippen LogP contribution is 2.51. The standard InChI is InChI=1S/C40H47BN2O5S2/c1-5-7-8-9-10-17-23-36(18-6-2)48-41-42(49(44,45)37-28-24-32(3)25-29-37)39(34-19-13-11-14-20-34)40(35-21-15-12-16-22-35)43(41)50(46,47)38-30-26-33(4)27-31-38/h11-16,18-22,24-31,36,39-40H,2,5,7-10,17,23H2,1,3-4H3/t36-,39+,40+/m1/s1. The van der Waals surface area contributed by atoms with Gasteiger partial charge in [0, 0.05) is 0 Å². The number of rotatable bonds is 16. The first-order valence-corrected chi connectivity index (χ1v) is 20.3. The van der Waals surface area contributed by atoms with Gasteiger partial charge in [-0.1, -0.05) is 148 Å².